The lowest BCUT2D eigenvalue weighted by atomic mass is 10.1. The van der Waals surface area contributed by atoms with Gasteiger partial charge in [-0.3, -0.25) is 4.79 Å². The largest absolute Gasteiger partial charge is 0.369 e. The first-order valence-corrected chi connectivity index (χ1v) is 8.30. The average Bonchev–Trinajstić information content (AvgIpc) is 2.56. The molecule has 1 amide bonds. The number of benzene rings is 2. The molecule has 0 aromatic heterocycles. The van der Waals surface area contributed by atoms with Crippen molar-refractivity contribution < 1.29 is 4.79 Å². The summed E-state index contributed by atoms with van der Waals surface area (Å²) in [6.45, 7) is 7.49. The van der Waals surface area contributed by atoms with Gasteiger partial charge in [-0.1, -0.05) is 30.3 Å². The SMILES string of the molecule is CCN(c1ccc(NC(=O)CCc2ccccc2)cc1)C(C)C. The van der Waals surface area contributed by atoms with E-state index in [1.807, 2.05) is 42.5 Å². The van der Waals surface area contributed by atoms with Crippen molar-refractivity contribution in [3.05, 3.63) is 60.2 Å². The van der Waals surface area contributed by atoms with E-state index in [9.17, 15) is 4.79 Å². The van der Waals surface area contributed by atoms with Crippen LogP contribution in [0.15, 0.2) is 54.6 Å². The van der Waals surface area contributed by atoms with E-state index in [0.29, 0.717) is 12.5 Å². The van der Waals surface area contributed by atoms with Gasteiger partial charge in [-0.05, 0) is 57.0 Å². The number of hydrogen-bond acceptors (Lipinski definition) is 2. The molecule has 1 N–H and O–H groups in total. The van der Waals surface area contributed by atoms with Gasteiger partial charge in [0.15, 0.2) is 0 Å². The Morgan fingerprint density at radius 1 is 1.04 bits per heavy atom. The Labute approximate surface area is 139 Å². The van der Waals surface area contributed by atoms with Gasteiger partial charge in [0, 0.05) is 30.4 Å². The third-order valence-corrected chi connectivity index (χ3v) is 3.93. The maximum Gasteiger partial charge on any atom is 0.224 e. The molecule has 0 unspecified atom stereocenters. The number of carbonyl (C=O) groups excluding carboxylic acids is 1. The van der Waals surface area contributed by atoms with Gasteiger partial charge in [0.1, 0.15) is 0 Å². The summed E-state index contributed by atoms with van der Waals surface area (Å²) in [5.41, 5.74) is 3.23. The maximum absolute atomic E-state index is 12.0. The second-order valence-corrected chi connectivity index (χ2v) is 5.96. The quantitative estimate of drug-likeness (QED) is 0.817. The molecular weight excluding hydrogens is 284 g/mol. The normalized spacial score (nSPS) is 10.6. The van der Waals surface area contributed by atoms with E-state index >= 15 is 0 Å². The second-order valence-electron chi connectivity index (χ2n) is 5.96. The summed E-state index contributed by atoms with van der Waals surface area (Å²) in [4.78, 5) is 14.4. The summed E-state index contributed by atoms with van der Waals surface area (Å²) in [6.07, 6.45) is 1.26. The topological polar surface area (TPSA) is 32.3 Å². The van der Waals surface area contributed by atoms with Crippen LogP contribution in [0, 0.1) is 0 Å². The third-order valence-electron chi connectivity index (χ3n) is 3.93. The number of carbonyl (C=O) groups is 1. The second kappa shape index (κ2) is 8.37. The fourth-order valence-electron chi connectivity index (χ4n) is 2.71. The van der Waals surface area contributed by atoms with Crippen molar-refractivity contribution in [3.8, 4) is 0 Å². The molecule has 0 heterocycles. The minimum absolute atomic E-state index is 0.0535. The summed E-state index contributed by atoms with van der Waals surface area (Å²) >= 11 is 0. The van der Waals surface area contributed by atoms with E-state index in [4.69, 9.17) is 0 Å². The van der Waals surface area contributed by atoms with Gasteiger partial charge in [0.2, 0.25) is 5.91 Å². The van der Waals surface area contributed by atoms with Gasteiger partial charge >= 0.3 is 0 Å². The van der Waals surface area contributed by atoms with Gasteiger partial charge in [0.25, 0.3) is 0 Å². The van der Waals surface area contributed by atoms with Crippen molar-refractivity contribution in [1.82, 2.24) is 0 Å². The van der Waals surface area contributed by atoms with Crippen molar-refractivity contribution in [2.24, 2.45) is 0 Å². The van der Waals surface area contributed by atoms with Crippen LogP contribution in [0.2, 0.25) is 0 Å². The monoisotopic (exact) mass is 310 g/mol. The molecule has 0 aliphatic rings. The summed E-state index contributed by atoms with van der Waals surface area (Å²) in [7, 11) is 0. The van der Waals surface area contributed by atoms with E-state index < -0.39 is 0 Å². The Balaban J connectivity index is 1.89. The molecule has 0 saturated heterocycles. The molecule has 3 heteroatoms. The zero-order chi connectivity index (χ0) is 16.7. The Morgan fingerprint density at radius 2 is 1.70 bits per heavy atom. The van der Waals surface area contributed by atoms with Crippen LogP contribution in [0.5, 0.6) is 0 Å². The number of nitrogens with zero attached hydrogens (tertiary/aromatic N) is 1. The lowest BCUT2D eigenvalue weighted by molar-refractivity contribution is -0.116. The predicted molar refractivity (Wildman–Crippen MR) is 98.0 cm³/mol. The number of rotatable bonds is 7. The highest BCUT2D eigenvalue weighted by molar-refractivity contribution is 5.91. The number of amides is 1. The van der Waals surface area contributed by atoms with Gasteiger partial charge in [-0.2, -0.15) is 0 Å². The lowest BCUT2D eigenvalue weighted by Crippen LogP contribution is -2.30. The fraction of sp³-hybridized carbons (Fsp3) is 0.350. The summed E-state index contributed by atoms with van der Waals surface area (Å²) in [5.74, 6) is 0.0535. The van der Waals surface area contributed by atoms with Crippen molar-refractivity contribution in [2.45, 2.75) is 39.7 Å². The molecule has 0 fully saturated rings. The molecule has 0 atom stereocenters. The van der Waals surface area contributed by atoms with Crippen molar-refractivity contribution in [1.29, 1.82) is 0 Å². The molecule has 2 rings (SSSR count). The molecule has 0 aliphatic heterocycles. The van der Waals surface area contributed by atoms with Crippen molar-refractivity contribution in [3.63, 3.8) is 0 Å². The van der Waals surface area contributed by atoms with Crippen LogP contribution in [-0.4, -0.2) is 18.5 Å². The minimum Gasteiger partial charge on any atom is -0.369 e. The van der Waals surface area contributed by atoms with Crippen LogP contribution in [0.1, 0.15) is 32.8 Å². The number of hydrogen-bond donors (Lipinski definition) is 1. The standard InChI is InChI=1S/C20H26N2O/c1-4-22(16(2)3)19-13-11-18(12-14-19)21-20(23)15-10-17-8-6-5-7-9-17/h5-9,11-14,16H,4,10,15H2,1-3H3,(H,21,23). The maximum atomic E-state index is 12.0. The van der Waals surface area contributed by atoms with Crippen molar-refractivity contribution >= 4 is 17.3 Å². The summed E-state index contributed by atoms with van der Waals surface area (Å²) in [5, 5.41) is 2.97. The molecule has 0 saturated carbocycles. The molecule has 2 aromatic rings. The van der Waals surface area contributed by atoms with E-state index in [0.717, 1.165) is 18.7 Å². The first-order chi connectivity index (χ1) is 11.1. The van der Waals surface area contributed by atoms with Gasteiger partial charge in [0.05, 0.1) is 0 Å². The highest BCUT2D eigenvalue weighted by atomic mass is 16.1. The minimum atomic E-state index is 0.0535. The molecule has 23 heavy (non-hydrogen) atoms. The smallest absolute Gasteiger partial charge is 0.224 e. The van der Waals surface area contributed by atoms with Crippen LogP contribution in [-0.2, 0) is 11.2 Å². The predicted octanol–water partition coefficient (Wildman–Crippen LogP) is 4.49. The molecule has 0 bridgehead atoms. The summed E-state index contributed by atoms with van der Waals surface area (Å²) in [6, 6.07) is 18.6. The van der Waals surface area contributed by atoms with Crippen LogP contribution >= 0.6 is 0 Å². The van der Waals surface area contributed by atoms with Gasteiger partial charge in [-0.15, -0.1) is 0 Å². The zero-order valence-electron chi connectivity index (χ0n) is 14.3. The number of aryl methyl sites for hydroxylation is 1. The molecule has 3 nitrogen and oxygen atoms in total. The molecule has 0 spiro atoms. The molecule has 0 aliphatic carbocycles. The highest BCUT2D eigenvalue weighted by Crippen LogP contribution is 2.20. The van der Waals surface area contributed by atoms with E-state index in [1.54, 1.807) is 0 Å². The molecular formula is C20H26N2O. The van der Waals surface area contributed by atoms with Crippen LogP contribution < -0.4 is 10.2 Å². The Morgan fingerprint density at radius 3 is 2.26 bits per heavy atom. The van der Waals surface area contributed by atoms with Crippen LogP contribution in [0.3, 0.4) is 0 Å². The fourth-order valence-corrected chi connectivity index (χ4v) is 2.71. The van der Waals surface area contributed by atoms with Gasteiger partial charge in [-0.25, -0.2) is 0 Å². The van der Waals surface area contributed by atoms with Crippen molar-refractivity contribution in [2.75, 3.05) is 16.8 Å². The number of nitrogens with one attached hydrogen (secondary N) is 1. The Bertz CT molecular complexity index is 605. The molecule has 2 aromatic carbocycles. The Hall–Kier alpha value is -2.29. The zero-order valence-corrected chi connectivity index (χ0v) is 14.3. The van der Waals surface area contributed by atoms with E-state index in [2.05, 4.69) is 43.1 Å². The van der Waals surface area contributed by atoms with Crippen LogP contribution in [0.4, 0.5) is 11.4 Å². The first kappa shape index (κ1) is 17.1. The van der Waals surface area contributed by atoms with Crippen LogP contribution in [0.25, 0.3) is 0 Å². The highest BCUT2D eigenvalue weighted by Gasteiger charge is 2.08. The van der Waals surface area contributed by atoms with E-state index in [-0.39, 0.29) is 5.91 Å². The number of anilines is 2. The molecule has 0 radical (unpaired) electrons. The summed E-state index contributed by atoms with van der Waals surface area (Å²) < 4.78 is 0. The third kappa shape index (κ3) is 5.13. The van der Waals surface area contributed by atoms with E-state index in [1.165, 1.54) is 11.3 Å². The lowest BCUT2D eigenvalue weighted by Gasteiger charge is -2.27. The molecule has 122 valence electrons. The Kier molecular flexibility index (Phi) is 6.21. The first-order valence-electron chi connectivity index (χ1n) is 8.30. The average molecular weight is 310 g/mol. The van der Waals surface area contributed by atoms with Gasteiger partial charge < -0.3 is 10.2 Å².